The Balaban J connectivity index is 2.72. The molecule has 0 aromatic heterocycles. The number of ether oxygens (including phenoxy) is 4. The maximum Gasteiger partial charge on any atom is 0.302 e. The quantitative estimate of drug-likeness (QED) is 0.250. The van der Waals surface area contributed by atoms with E-state index in [9.17, 15) is 29.4 Å². The van der Waals surface area contributed by atoms with Crippen LogP contribution in [-0.2, 0) is 39.9 Å². The first-order chi connectivity index (χ1) is 18.1. The van der Waals surface area contributed by atoms with E-state index in [0.29, 0.717) is 22.0 Å². The Morgan fingerprint density at radius 1 is 1.08 bits per heavy atom. The number of carbonyl (C=O) groups excluding carboxylic acids is 4. The largest absolute Gasteiger partial charge is 0.464 e. The zero-order chi connectivity index (χ0) is 29.7. The van der Waals surface area contributed by atoms with E-state index in [-0.39, 0.29) is 38.5 Å². The summed E-state index contributed by atoms with van der Waals surface area (Å²) in [6.45, 7) is 4.89. The van der Waals surface area contributed by atoms with Crippen molar-refractivity contribution in [1.29, 1.82) is 0 Å². The summed E-state index contributed by atoms with van der Waals surface area (Å²) in [6.07, 6.45) is -2.11. The highest BCUT2D eigenvalue weighted by Gasteiger charge is 2.41. The molecule has 1 fully saturated rings. The number of halogens is 3. The first-order valence-corrected chi connectivity index (χ1v) is 15.0. The molecule has 2 amide bonds. The van der Waals surface area contributed by atoms with Crippen LogP contribution in [0.5, 0.6) is 0 Å². The lowest BCUT2D eigenvalue weighted by Gasteiger charge is -2.30. The fraction of sp³-hybridized carbons (Fsp3) is 0.583. The second-order valence-electron chi connectivity index (χ2n) is 9.09. The van der Waals surface area contributed by atoms with E-state index in [1.54, 1.807) is 13.8 Å². The molecule has 0 radical (unpaired) electrons. The fourth-order valence-corrected chi connectivity index (χ4v) is 8.19. The molecule has 1 aliphatic rings. The Morgan fingerprint density at radius 2 is 1.69 bits per heavy atom. The molecule has 1 saturated heterocycles. The number of aliphatic hydroxyl groups is 2. The molecule has 218 valence electrons. The van der Waals surface area contributed by atoms with Crippen molar-refractivity contribution in [3.8, 4) is 0 Å². The minimum atomic E-state index is -1.15. The zero-order valence-electron chi connectivity index (χ0n) is 22.1. The van der Waals surface area contributed by atoms with E-state index in [2.05, 4.69) is 0 Å². The summed E-state index contributed by atoms with van der Waals surface area (Å²) in [5.74, 6) is -2.98. The minimum absolute atomic E-state index is 0.00129. The second kappa shape index (κ2) is 14.9. The molecule has 39 heavy (non-hydrogen) atoms. The van der Waals surface area contributed by atoms with Gasteiger partial charge in [-0.1, -0.05) is 0 Å². The van der Waals surface area contributed by atoms with Crippen molar-refractivity contribution in [3.63, 3.8) is 0 Å². The molecule has 0 aliphatic carbocycles. The molecular weight excluding hydrogens is 857 g/mol. The number of benzene rings is 1. The average molecular weight is 888 g/mol. The predicted molar refractivity (Wildman–Crippen MR) is 164 cm³/mol. The summed E-state index contributed by atoms with van der Waals surface area (Å²) in [6, 6.07) is 0. The maximum absolute atomic E-state index is 13.8. The lowest BCUT2D eigenvalue weighted by atomic mass is 10.1. The fourth-order valence-electron chi connectivity index (χ4n) is 3.67. The number of nitrogens with zero attached hydrogens (tertiary/aromatic N) is 2. The third-order valence-corrected chi connectivity index (χ3v) is 8.90. The number of amides is 2. The van der Waals surface area contributed by atoms with E-state index in [4.69, 9.17) is 18.9 Å². The predicted octanol–water partition coefficient (Wildman–Crippen LogP) is 2.04. The molecule has 1 aliphatic heterocycles. The SMILES string of the molecule is CC(=O)OCCN(C(=O)C1COC(C)(C)O1)c1c(I)c(COC(C)=O)c(I)c(C(=O)N(C)CC(O)CO)c1I. The van der Waals surface area contributed by atoms with Crippen LogP contribution in [0.15, 0.2) is 0 Å². The third-order valence-electron chi connectivity index (χ3n) is 5.50. The van der Waals surface area contributed by atoms with E-state index < -0.39 is 48.4 Å². The number of rotatable bonds is 11. The standard InChI is InChI=1S/C24H31I3N2O10/c1-12(31)36-7-6-29(22(34)16-11-38-24(3,4)39-16)21-19(26)15(10-37-13(2)32)18(25)17(20(21)27)23(35)28(5)8-14(33)9-30/h14,16,30,33H,6-11H2,1-5H3. The van der Waals surface area contributed by atoms with Gasteiger partial charge in [-0.05, 0) is 81.6 Å². The van der Waals surface area contributed by atoms with Crippen molar-refractivity contribution in [2.24, 2.45) is 0 Å². The normalized spacial score (nSPS) is 16.9. The van der Waals surface area contributed by atoms with Crippen molar-refractivity contribution < 1.29 is 48.3 Å². The molecule has 2 unspecified atom stereocenters. The van der Waals surface area contributed by atoms with Gasteiger partial charge in [-0.25, -0.2) is 0 Å². The molecule has 1 heterocycles. The number of carbonyl (C=O) groups is 4. The van der Waals surface area contributed by atoms with Gasteiger partial charge in [0.15, 0.2) is 11.9 Å². The van der Waals surface area contributed by atoms with Crippen molar-refractivity contribution >= 4 is 97.2 Å². The van der Waals surface area contributed by atoms with E-state index in [0.717, 1.165) is 0 Å². The molecule has 12 nitrogen and oxygen atoms in total. The van der Waals surface area contributed by atoms with Crippen molar-refractivity contribution in [2.75, 3.05) is 44.9 Å². The first-order valence-electron chi connectivity index (χ1n) is 11.7. The third kappa shape index (κ3) is 9.06. The van der Waals surface area contributed by atoms with Gasteiger partial charge in [-0.15, -0.1) is 0 Å². The molecule has 15 heteroatoms. The van der Waals surface area contributed by atoms with Crippen LogP contribution >= 0.6 is 67.8 Å². The summed E-state index contributed by atoms with van der Waals surface area (Å²) in [5, 5.41) is 19.1. The van der Waals surface area contributed by atoms with Crippen LogP contribution in [0.25, 0.3) is 0 Å². The first kappa shape index (κ1) is 34.3. The smallest absolute Gasteiger partial charge is 0.302 e. The Kier molecular flexibility index (Phi) is 13.1. The van der Waals surface area contributed by atoms with Gasteiger partial charge < -0.3 is 39.0 Å². The summed E-state index contributed by atoms with van der Waals surface area (Å²) in [7, 11) is 1.48. The van der Waals surface area contributed by atoms with Crippen LogP contribution < -0.4 is 4.90 Å². The zero-order valence-corrected chi connectivity index (χ0v) is 28.6. The molecule has 0 bridgehead atoms. The number of hydrogen-bond acceptors (Lipinski definition) is 10. The average Bonchev–Trinajstić information content (AvgIpc) is 3.21. The number of aliphatic hydroxyl groups excluding tert-OH is 2. The number of hydrogen-bond donors (Lipinski definition) is 2. The van der Waals surface area contributed by atoms with Crippen LogP contribution in [0.1, 0.15) is 43.6 Å². The van der Waals surface area contributed by atoms with Crippen LogP contribution in [0.2, 0.25) is 0 Å². The van der Waals surface area contributed by atoms with Crippen LogP contribution in [-0.4, -0.2) is 96.8 Å². The highest BCUT2D eigenvalue weighted by Crippen LogP contribution is 2.39. The van der Waals surface area contributed by atoms with Gasteiger partial charge >= 0.3 is 11.9 Å². The van der Waals surface area contributed by atoms with Gasteiger partial charge in [-0.3, -0.25) is 19.2 Å². The number of anilines is 1. The Hall–Kier alpha value is -0.870. The van der Waals surface area contributed by atoms with E-state index >= 15 is 0 Å². The van der Waals surface area contributed by atoms with Crippen molar-refractivity contribution in [2.45, 2.75) is 52.3 Å². The molecule has 0 saturated carbocycles. The van der Waals surface area contributed by atoms with Crippen LogP contribution in [0.4, 0.5) is 5.69 Å². The molecule has 1 aromatic carbocycles. The van der Waals surface area contributed by atoms with Gasteiger partial charge in [0.25, 0.3) is 11.8 Å². The summed E-state index contributed by atoms with van der Waals surface area (Å²) >= 11 is 6.00. The van der Waals surface area contributed by atoms with Gasteiger partial charge in [0.05, 0.1) is 40.7 Å². The highest BCUT2D eigenvalue weighted by molar-refractivity contribution is 14.1. The van der Waals surface area contributed by atoms with Crippen LogP contribution in [0.3, 0.4) is 0 Å². The Bertz CT molecular complexity index is 1110. The maximum atomic E-state index is 13.8. The van der Waals surface area contributed by atoms with E-state index in [1.807, 2.05) is 67.8 Å². The summed E-state index contributed by atoms with van der Waals surface area (Å²) < 4.78 is 23.2. The van der Waals surface area contributed by atoms with Crippen molar-refractivity contribution in [3.05, 3.63) is 21.8 Å². The molecule has 1 aromatic rings. The van der Waals surface area contributed by atoms with E-state index in [1.165, 1.54) is 30.7 Å². The molecule has 2 N–H and O–H groups in total. The number of esters is 2. The molecule has 2 atom stereocenters. The van der Waals surface area contributed by atoms with Gasteiger partial charge in [0.1, 0.15) is 13.2 Å². The second-order valence-corrected chi connectivity index (χ2v) is 12.3. The Labute approximate surface area is 267 Å². The van der Waals surface area contributed by atoms with Crippen molar-refractivity contribution in [1.82, 2.24) is 4.90 Å². The van der Waals surface area contributed by atoms with Gasteiger partial charge in [0.2, 0.25) is 0 Å². The lowest BCUT2D eigenvalue weighted by molar-refractivity contribution is -0.152. The Morgan fingerprint density at radius 3 is 2.21 bits per heavy atom. The monoisotopic (exact) mass is 888 g/mol. The molecule has 2 rings (SSSR count). The lowest BCUT2D eigenvalue weighted by Crippen LogP contribution is -2.44. The topological polar surface area (TPSA) is 152 Å². The van der Waals surface area contributed by atoms with Gasteiger partial charge in [-0.2, -0.15) is 0 Å². The highest BCUT2D eigenvalue weighted by atomic mass is 127. The van der Waals surface area contributed by atoms with Gasteiger partial charge in [0, 0.05) is 40.1 Å². The summed E-state index contributed by atoms with van der Waals surface area (Å²) in [4.78, 5) is 53.2. The molecule has 0 spiro atoms. The minimum Gasteiger partial charge on any atom is -0.464 e. The molecular formula is C24H31I3N2O10. The summed E-state index contributed by atoms with van der Waals surface area (Å²) in [5.41, 5.74) is 1.06. The number of likely N-dealkylation sites (N-methyl/N-ethyl adjacent to an activating group) is 1. The van der Waals surface area contributed by atoms with Crippen LogP contribution in [0, 0.1) is 10.7 Å².